The lowest BCUT2D eigenvalue weighted by Gasteiger charge is -2.23. The molecule has 5 nitrogen and oxygen atoms in total. The van der Waals surface area contributed by atoms with E-state index in [1.165, 1.54) is 18.2 Å². The molecule has 3 aromatic rings. The Morgan fingerprint density at radius 2 is 1.67 bits per heavy atom. The molecule has 0 bridgehead atoms. The van der Waals surface area contributed by atoms with Crippen LogP contribution in [0.25, 0.3) is 6.08 Å². The molecule has 1 amide bonds. The second kappa shape index (κ2) is 11.4. The summed E-state index contributed by atoms with van der Waals surface area (Å²) in [7, 11) is -4.51. The Labute approximate surface area is 209 Å². The van der Waals surface area contributed by atoms with Crippen molar-refractivity contribution in [2.24, 2.45) is 5.92 Å². The highest BCUT2D eigenvalue weighted by Gasteiger charge is 2.32. The monoisotopic (exact) mass is 517 g/mol. The van der Waals surface area contributed by atoms with Gasteiger partial charge in [0.25, 0.3) is 0 Å². The molecule has 0 atom stereocenters. The second-order valence-electron chi connectivity index (χ2n) is 8.57. The third-order valence-corrected chi connectivity index (χ3v) is 6.29. The number of alkyl halides is 3. The molecule has 0 spiro atoms. The smallest absolute Gasteiger partial charge is 0.379 e. The van der Waals surface area contributed by atoms with Gasteiger partial charge in [0.15, 0.2) is 0 Å². The standard InChI is InChI=1S/C27H26F3NO4S/c1-20(2)18-31(26(32)15-14-21-8-4-3-5-9-21)19-22-10-6-12-24(16-22)35-36(33,34)25-13-7-11-23(17-25)27(28,29)30/h3-17,20H,18-19H2,1-2H3. The SMILES string of the molecule is CC(C)CN(Cc1cccc(OS(=O)(=O)c2cccc(C(F)(F)F)c2)c1)C(=O)C=Cc1ccccc1. The minimum Gasteiger partial charge on any atom is -0.379 e. The first-order valence-corrected chi connectivity index (χ1v) is 12.6. The summed E-state index contributed by atoms with van der Waals surface area (Å²) in [5.41, 5.74) is 0.395. The van der Waals surface area contributed by atoms with Crippen LogP contribution in [0.5, 0.6) is 5.75 Å². The maximum atomic E-state index is 13.0. The van der Waals surface area contributed by atoms with Crippen molar-refractivity contribution in [1.82, 2.24) is 4.90 Å². The van der Waals surface area contributed by atoms with E-state index in [0.29, 0.717) is 18.2 Å². The van der Waals surface area contributed by atoms with Crippen LogP contribution in [0.1, 0.15) is 30.5 Å². The third-order valence-electron chi connectivity index (χ3n) is 5.04. The summed E-state index contributed by atoms with van der Waals surface area (Å²) in [5.74, 6) is -0.100. The van der Waals surface area contributed by atoms with Gasteiger partial charge >= 0.3 is 16.3 Å². The van der Waals surface area contributed by atoms with Gasteiger partial charge in [-0.15, -0.1) is 0 Å². The molecule has 3 rings (SSSR count). The molecule has 0 heterocycles. The Kier molecular flexibility index (Phi) is 8.57. The van der Waals surface area contributed by atoms with Crippen molar-refractivity contribution in [3.8, 4) is 5.75 Å². The maximum absolute atomic E-state index is 13.0. The highest BCUT2D eigenvalue weighted by molar-refractivity contribution is 7.87. The Hall–Kier alpha value is -3.59. The molecule has 0 aromatic heterocycles. The van der Waals surface area contributed by atoms with Crippen LogP contribution in [-0.2, 0) is 27.6 Å². The van der Waals surface area contributed by atoms with E-state index in [9.17, 15) is 26.4 Å². The number of rotatable bonds is 9. The lowest BCUT2D eigenvalue weighted by molar-refractivity contribution is -0.137. The molecule has 0 aliphatic carbocycles. The topological polar surface area (TPSA) is 63.7 Å². The molecule has 3 aromatic carbocycles. The van der Waals surface area contributed by atoms with Gasteiger partial charge in [-0.05, 0) is 53.5 Å². The lowest BCUT2D eigenvalue weighted by Crippen LogP contribution is -2.32. The highest BCUT2D eigenvalue weighted by atomic mass is 32.2. The van der Waals surface area contributed by atoms with Crippen LogP contribution in [0.4, 0.5) is 13.2 Å². The Morgan fingerprint density at radius 3 is 2.33 bits per heavy atom. The van der Waals surface area contributed by atoms with E-state index in [0.717, 1.165) is 23.8 Å². The van der Waals surface area contributed by atoms with Crippen LogP contribution in [0.2, 0.25) is 0 Å². The van der Waals surface area contributed by atoms with E-state index in [4.69, 9.17) is 4.18 Å². The molecule has 9 heteroatoms. The number of hydrogen-bond donors (Lipinski definition) is 0. The molecule has 190 valence electrons. The molecular formula is C27H26F3NO4S. The Balaban J connectivity index is 1.78. The molecule has 36 heavy (non-hydrogen) atoms. The average Bonchev–Trinajstić information content (AvgIpc) is 2.82. The van der Waals surface area contributed by atoms with Crippen LogP contribution in [-0.4, -0.2) is 25.8 Å². The largest absolute Gasteiger partial charge is 0.416 e. The number of amides is 1. The number of nitrogens with zero attached hydrogens (tertiary/aromatic N) is 1. The van der Waals surface area contributed by atoms with Gasteiger partial charge in [-0.1, -0.05) is 62.4 Å². The van der Waals surface area contributed by atoms with Crippen molar-refractivity contribution in [2.45, 2.75) is 31.5 Å². The molecule has 0 unspecified atom stereocenters. The van der Waals surface area contributed by atoms with Crippen molar-refractivity contribution < 1.29 is 30.6 Å². The van der Waals surface area contributed by atoms with Gasteiger partial charge in [0.1, 0.15) is 10.6 Å². The predicted molar refractivity (Wildman–Crippen MR) is 131 cm³/mol. The highest BCUT2D eigenvalue weighted by Crippen LogP contribution is 2.31. The quantitative estimate of drug-likeness (QED) is 0.252. The summed E-state index contributed by atoms with van der Waals surface area (Å²) < 4.78 is 69.3. The van der Waals surface area contributed by atoms with Crippen LogP contribution in [0.3, 0.4) is 0 Å². The van der Waals surface area contributed by atoms with Gasteiger partial charge in [-0.2, -0.15) is 21.6 Å². The zero-order valence-electron chi connectivity index (χ0n) is 19.8. The van der Waals surface area contributed by atoms with E-state index in [1.807, 2.05) is 44.2 Å². The van der Waals surface area contributed by atoms with Crippen molar-refractivity contribution in [3.05, 3.63) is 102 Å². The third kappa shape index (κ3) is 7.71. The normalized spacial score (nSPS) is 12.2. The van der Waals surface area contributed by atoms with Crippen LogP contribution in [0.15, 0.2) is 89.8 Å². The van der Waals surface area contributed by atoms with Gasteiger partial charge in [0.05, 0.1) is 5.56 Å². The van der Waals surface area contributed by atoms with Crippen LogP contribution < -0.4 is 4.18 Å². The predicted octanol–water partition coefficient (Wildman–Crippen LogP) is 6.17. The van der Waals surface area contributed by atoms with E-state index in [-0.39, 0.29) is 24.1 Å². The molecule has 0 saturated heterocycles. The van der Waals surface area contributed by atoms with Gasteiger partial charge in [-0.25, -0.2) is 0 Å². The molecule has 0 radical (unpaired) electrons. The number of hydrogen-bond acceptors (Lipinski definition) is 4. The molecular weight excluding hydrogens is 491 g/mol. The Bertz CT molecular complexity index is 1320. The molecule has 0 saturated carbocycles. The first-order valence-electron chi connectivity index (χ1n) is 11.2. The average molecular weight is 518 g/mol. The minimum atomic E-state index is -4.69. The minimum absolute atomic E-state index is 0.0679. The lowest BCUT2D eigenvalue weighted by atomic mass is 10.1. The summed E-state index contributed by atoms with van der Waals surface area (Å²) in [6, 6.07) is 18.8. The van der Waals surface area contributed by atoms with Crippen molar-refractivity contribution in [3.63, 3.8) is 0 Å². The van der Waals surface area contributed by atoms with Crippen LogP contribution in [0, 0.1) is 5.92 Å². The first kappa shape index (κ1) is 27.0. The van der Waals surface area contributed by atoms with E-state index >= 15 is 0 Å². The Morgan fingerprint density at radius 1 is 0.972 bits per heavy atom. The van der Waals surface area contributed by atoms with E-state index in [1.54, 1.807) is 23.1 Å². The maximum Gasteiger partial charge on any atom is 0.416 e. The number of carbonyl (C=O) groups excluding carboxylic acids is 1. The summed E-state index contributed by atoms with van der Waals surface area (Å²) in [6.07, 6.45) is -1.49. The van der Waals surface area contributed by atoms with Crippen molar-refractivity contribution >= 4 is 22.1 Å². The zero-order chi connectivity index (χ0) is 26.3. The number of carbonyl (C=O) groups is 1. The summed E-state index contributed by atoms with van der Waals surface area (Å²) >= 11 is 0. The molecule has 0 N–H and O–H groups in total. The second-order valence-corrected chi connectivity index (χ2v) is 10.1. The summed E-state index contributed by atoms with van der Waals surface area (Å²) in [4.78, 5) is 13.9. The zero-order valence-corrected chi connectivity index (χ0v) is 20.6. The number of halogens is 3. The fraction of sp³-hybridized carbons (Fsp3) is 0.222. The molecule has 0 aliphatic rings. The van der Waals surface area contributed by atoms with Gasteiger partial charge in [0, 0.05) is 19.2 Å². The summed E-state index contributed by atoms with van der Waals surface area (Å²) in [6.45, 7) is 4.60. The fourth-order valence-electron chi connectivity index (χ4n) is 3.43. The van der Waals surface area contributed by atoms with Gasteiger partial charge in [0.2, 0.25) is 5.91 Å². The van der Waals surface area contributed by atoms with E-state index < -0.39 is 26.8 Å². The molecule has 0 fully saturated rings. The first-order chi connectivity index (χ1) is 16.9. The van der Waals surface area contributed by atoms with Crippen molar-refractivity contribution in [2.75, 3.05) is 6.54 Å². The van der Waals surface area contributed by atoms with Crippen LogP contribution >= 0.6 is 0 Å². The van der Waals surface area contributed by atoms with Gasteiger partial charge < -0.3 is 9.08 Å². The van der Waals surface area contributed by atoms with E-state index in [2.05, 4.69) is 0 Å². The fourth-order valence-corrected chi connectivity index (χ4v) is 4.40. The number of benzene rings is 3. The van der Waals surface area contributed by atoms with Crippen molar-refractivity contribution in [1.29, 1.82) is 0 Å². The van der Waals surface area contributed by atoms with Gasteiger partial charge in [-0.3, -0.25) is 4.79 Å². The summed E-state index contributed by atoms with van der Waals surface area (Å²) in [5, 5.41) is 0. The molecule has 0 aliphatic heterocycles.